The number of tetrazole rings is 1. The van der Waals surface area contributed by atoms with Crippen LogP contribution in [0, 0.1) is 5.92 Å². The monoisotopic (exact) mass is 1270 g/mol. The molecule has 2 aromatic heterocycles. The molecule has 0 aliphatic heterocycles. The molecule has 0 saturated heterocycles. The van der Waals surface area contributed by atoms with E-state index in [0.717, 1.165) is 79.6 Å². The zero-order valence-electron chi connectivity index (χ0n) is 53.7. The van der Waals surface area contributed by atoms with Crippen LogP contribution in [0.2, 0.25) is 5.15 Å². The summed E-state index contributed by atoms with van der Waals surface area (Å²) < 4.78 is 39.6. The highest BCUT2D eigenvalue weighted by Crippen LogP contribution is 2.30. The van der Waals surface area contributed by atoms with Crippen LogP contribution >= 0.6 is 11.6 Å². The van der Waals surface area contributed by atoms with E-state index in [2.05, 4.69) is 111 Å². The Balaban J connectivity index is 0.000000537. The van der Waals surface area contributed by atoms with Crippen molar-refractivity contribution in [2.24, 2.45) is 16.2 Å². The predicted molar refractivity (Wildman–Crippen MR) is 339 cm³/mol. The number of benzene rings is 2. The van der Waals surface area contributed by atoms with Gasteiger partial charge >= 0.3 is 0 Å². The molecule has 0 atom stereocenters. The fourth-order valence-electron chi connectivity index (χ4n) is 8.37. The molecule has 0 fully saturated rings. The number of oxime groups is 2. The second-order valence-corrected chi connectivity index (χ2v) is 22.2. The number of halogens is 1. The van der Waals surface area contributed by atoms with E-state index < -0.39 is 11.1 Å². The smallest absolute Gasteiger partial charge is 0.246 e. The third kappa shape index (κ3) is 31.7. The van der Waals surface area contributed by atoms with Crippen LogP contribution in [0.3, 0.4) is 0 Å². The fourth-order valence-corrected chi connectivity index (χ4v) is 8.63. The van der Waals surface area contributed by atoms with Gasteiger partial charge in [0, 0.05) is 45.3 Å². The number of ether oxygens (including phenoxy) is 7. The third-order valence-electron chi connectivity index (χ3n) is 14.3. The molecule has 498 valence electrons. The van der Waals surface area contributed by atoms with Crippen molar-refractivity contribution in [3.63, 3.8) is 0 Å². The molecule has 28 heteroatoms. The molecule has 4 rings (SSSR count). The Kier molecular flexibility index (Phi) is 38.6. The van der Waals surface area contributed by atoms with Crippen molar-refractivity contribution in [1.82, 2.24) is 62.1 Å². The molecule has 0 aliphatic carbocycles. The number of nitrogens with zero attached hydrogens (tertiary/aromatic N) is 7. The van der Waals surface area contributed by atoms with E-state index in [1.165, 1.54) is 7.05 Å². The summed E-state index contributed by atoms with van der Waals surface area (Å²) in [6.07, 6.45) is 6.19. The van der Waals surface area contributed by atoms with Crippen LogP contribution in [0.1, 0.15) is 111 Å². The van der Waals surface area contributed by atoms with Crippen LogP contribution in [-0.2, 0) is 71.8 Å². The number of hydrogen-bond acceptors (Lipinski definition) is 21. The van der Waals surface area contributed by atoms with Crippen molar-refractivity contribution in [2.45, 2.75) is 125 Å². The Bertz CT molecular complexity index is 2640. The molecule has 4 amide bonds. The van der Waals surface area contributed by atoms with E-state index in [1.54, 1.807) is 13.8 Å². The lowest BCUT2D eigenvalue weighted by Gasteiger charge is -2.28. The minimum absolute atomic E-state index is 0.150. The minimum Gasteiger partial charge on any atom is -0.411 e. The lowest BCUT2D eigenvalue weighted by atomic mass is 9.94. The number of nitrogens with one attached hydrogen (secondary N) is 7. The molecule has 0 saturated carbocycles. The first kappa shape index (κ1) is 76.7. The molecular formula is C61H99ClN14O13. The zero-order valence-corrected chi connectivity index (χ0v) is 54.4. The molecule has 0 bridgehead atoms. The second kappa shape index (κ2) is 44.8. The largest absolute Gasteiger partial charge is 0.411 e. The average molecular weight is 1270 g/mol. The highest BCUT2D eigenvalue weighted by atomic mass is 35.5. The van der Waals surface area contributed by atoms with Gasteiger partial charge in [0.25, 0.3) is 0 Å². The van der Waals surface area contributed by atoms with Crippen LogP contribution < -0.4 is 31.9 Å². The summed E-state index contributed by atoms with van der Waals surface area (Å²) >= 11 is 6.62. The van der Waals surface area contributed by atoms with Gasteiger partial charge in [0.05, 0.1) is 94.2 Å². The minimum atomic E-state index is -0.426. The number of hydrogen-bond donors (Lipinski definition) is 9. The molecule has 27 nitrogen and oxygen atoms in total. The molecule has 89 heavy (non-hydrogen) atoms. The van der Waals surface area contributed by atoms with Crippen molar-refractivity contribution in [3.05, 3.63) is 70.8 Å². The van der Waals surface area contributed by atoms with Gasteiger partial charge in [-0.1, -0.05) is 90.7 Å². The van der Waals surface area contributed by atoms with Gasteiger partial charge in [0.1, 0.15) is 32.3 Å². The second-order valence-electron chi connectivity index (χ2n) is 21.8. The first-order chi connectivity index (χ1) is 42.9. The number of imidazole rings is 1. The summed E-state index contributed by atoms with van der Waals surface area (Å²) in [4.78, 5) is 52.5. The molecule has 0 aliphatic rings. The predicted octanol–water partition coefficient (Wildman–Crippen LogP) is 5.10. The molecule has 2 heterocycles. The highest BCUT2D eigenvalue weighted by Gasteiger charge is 2.25. The summed E-state index contributed by atoms with van der Waals surface area (Å²) in [7, 11) is 1.51. The lowest BCUT2D eigenvalue weighted by Crippen LogP contribution is -2.47. The Morgan fingerprint density at radius 1 is 0.629 bits per heavy atom. The summed E-state index contributed by atoms with van der Waals surface area (Å²) in [5.41, 5.74) is 4.97. The van der Waals surface area contributed by atoms with Crippen molar-refractivity contribution in [2.75, 3.05) is 126 Å². The van der Waals surface area contributed by atoms with E-state index in [0.29, 0.717) is 126 Å². The number of carbonyl (C=O) groups is 4. The summed E-state index contributed by atoms with van der Waals surface area (Å²) in [5, 5.41) is 57.2. The van der Waals surface area contributed by atoms with E-state index in [1.807, 2.05) is 52.0 Å². The van der Waals surface area contributed by atoms with Gasteiger partial charge in [-0.3, -0.25) is 19.2 Å². The molecular weight excluding hydrogens is 1170 g/mol. The number of aromatic nitrogens is 6. The average Bonchev–Trinajstić information content (AvgIpc) is 3.33. The Morgan fingerprint density at radius 2 is 1.12 bits per heavy atom. The molecule has 9 N–H and O–H groups in total. The van der Waals surface area contributed by atoms with Crippen LogP contribution in [0.4, 0.5) is 0 Å². The van der Waals surface area contributed by atoms with Gasteiger partial charge in [-0.15, -0.1) is 10.2 Å². The number of H-pyrrole nitrogens is 1. The Hall–Kier alpha value is -6.53. The van der Waals surface area contributed by atoms with Gasteiger partial charge in [0.2, 0.25) is 29.5 Å². The van der Waals surface area contributed by atoms with Crippen LogP contribution in [0.25, 0.3) is 22.5 Å². The number of amides is 4. The number of carbonyl (C=O) groups excluding carboxylic acids is 4. The number of unbranched alkanes of at least 4 members (excludes halogenated alkanes) is 1. The molecule has 4 aromatic rings. The fraction of sp³-hybridized carbons (Fsp3) is 0.639. The van der Waals surface area contributed by atoms with Crippen molar-refractivity contribution >= 4 is 46.7 Å². The molecule has 0 radical (unpaired) electrons. The van der Waals surface area contributed by atoms with Crippen LogP contribution in [0.15, 0.2) is 58.8 Å². The SMILES string of the molecule is CCCCc1nc(Cl)c(CNC(=O)COCC(=O)NCCOCCOCCOCCOCCOCCC)n1Cc1ccc(-c2ccccc2-c2nn[nH]n2)cc1.CNC(=O)COCC(=O)NCCC(CCNC(C)(C)/C(C)=N\O)CCNC(C)(C)/C(C)=N\O. The molecule has 0 spiro atoms. The number of rotatable bonds is 47. The first-order valence-corrected chi connectivity index (χ1v) is 30.9. The van der Waals surface area contributed by atoms with Gasteiger partial charge in [-0.05, 0) is 115 Å². The van der Waals surface area contributed by atoms with E-state index in [-0.39, 0.29) is 56.6 Å². The van der Waals surface area contributed by atoms with Gasteiger partial charge in [-0.25, -0.2) is 4.98 Å². The van der Waals surface area contributed by atoms with Crippen LogP contribution in [0.5, 0.6) is 0 Å². The summed E-state index contributed by atoms with van der Waals surface area (Å²) in [5.74, 6) is 0.413. The summed E-state index contributed by atoms with van der Waals surface area (Å²) in [6, 6.07) is 16.1. The quantitative estimate of drug-likeness (QED) is 0.0120. The van der Waals surface area contributed by atoms with E-state index in [9.17, 15) is 19.2 Å². The number of aryl methyl sites for hydroxylation is 1. The number of aromatic amines is 1. The number of likely N-dealkylation sites (N-methyl/N-ethyl adjacent to an activating group) is 1. The maximum absolute atomic E-state index is 12.7. The normalized spacial score (nSPS) is 12.0. The van der Waals surface area contributed by atoms with Gasteiger partial charge in [-0.2, -0.15) is 5.21 Å². The highest BCUT2D eigenvalue weighted by molar-refractivity contribution is 6.30. The lowest BCUT2D eigenvalue weighted by molar-refractivity contribution is -0.132. The van der Waals surface area contributed by atoms with E-state index in [4.69, 9.17) is 55.2 Å². The zero-order chi connectivity index (χ0) is 65.1. The van der Waals surface area contributed by atoms with Crippen molar-refractivity contribution in [1.29, 1.82) is 0 Å². The summed E-state index contributed by atoms with van der Waals surface area (Å²) in [6.45, 7) is 22.6. The molecule has 2 aromatic carbocycles. The van der Waals surface area contributed by atoms with Crippen molar-refractivity contribution < 1.29 is 62.8 Å². The Morgan fingerprint density at radius 3 is 1.63 bits per heavy atom. The topological polar surface area (TPSA) is 343 Å². The van der Waals surface area contributed by atoms with Gasteiger partial charge in [0.15, 0.2) is 5.15 Å². The van der Waals surface area contributed by atoms with E-state index >= 15 is 0 Å². The maximum atomic E-state index is 12.7. The van der Waals surface area contributed by atoms with Gasteiger partial charge < -0.3 is 80.0 Å². The maximum Gasteiger partial charge on any atom is 0.246 e. The standard InChI is InChI=1S/C39H55ClN8O8.C22H44N6O5/c1-3-5-10-35-43-38(40)34(48(35)27-30-11-13-31(14-12-30)32-8-6-7-9-33(32)39-44-46-47-45-39)26-42-37(50)29-56-28-36(49)41-15-17-52-19-21-54-23-25-55-24-22-53-20-18-51-16-4-2;1-16(27-31)21(3,4)25-12-9-18(10-13-26-22(5,6)17(2)28-32)8-11-24-20(30)15-33-14-19(29)23-7/h6-9,11-14H,3-5,10,15-29H2,1-2H3,(H,41,49)(H,42,50)(H,44,45,46,47);18,25-26,31-32H,8-15H2,1-7H3,(H,23,29)(H,24,30)/b;27-16-,28-17-. The van der Waals surface area contributed by atoms with Crippen LogP contribution in [-0.4, -0.2) is 212 Å². The first-order valence-electron chi connectivity index (χ1n) is 30.5. The third-order valence-corrected chi connectivity index (χ3v) is 14.6. The van der Waals surface area contributed by atoms with Crippen molar-refractivity contribution in [3.8, 4) is 22.5 Å². The Labute approximate surface area is 529 Å². The molecule has 0 unspecified atom stereocenters.